The number of hydrogen-bond donors (Lipinski definition) is 1. The molecule has 0 radical (unpaired) electrons. The Kier molecular flexibility index (Phi) is 5.62. The Balaban J connectivity index is 1.36. The van der Waals surface area contributed by atoms with Crippen molar-refractivity contribution in [3.05, 3.63) is 106 Å². The molecule has 5 rings (SSSR count). The number of benzene rings is 3. The van der Waals surface area contributed by atoms with Gasteiger partial charge in [-0.2, -0.15) is 5.10 Å². The number of hydrazone groups is 1. The fourth-order valence-electron chi connectivity index (χ4n) is 4.30. The molecule has 0 fully saturated rings. The Bertz CT molecular complexity index is 1560. The third-order valence-corrected chi connectivity index (χ3v) is 6.16. The maximum Gasteiger partial charge on any atom is 0.269 e. The zero-order valence-corrected chi connectivity index (χ0v) is 19.6. The molecule has 0 amide bonds. The van der Waals surface area contributed by atoms with E-state index in [0.717, 1.165) is 44.8 Å². The number of nitro groups is 1. The van der Waals surface area contributed by atoms with E-state index < -0.39 is 0 Å². The van der Waals surface area contributed by atoms with Crippen molar-refractivity contribution in [2.24, 2.45) is 12.1 Å². The number of rotatable bonds is 6. The molecule has 174 valence electrons. The summed E-state index contributed by atoms with van der Waals surface area (Å²) in [5.41, 5.74) is 11.2. The molecule has 0 aliphatic heterocycles. The van der Waals surface area contributed by atoms with E-state index in [1.807, 2.05) is 54.2 Å². The smallest absolute Gasteiger partial charge is 0.269 e. The molecule has 0 saturated carbocycles. The highest BCUT2D eigenvalue weighted by atomic mass is 16.6. The van der Waals surface area contributed by atoms with Gasteiger partial charge in [0.05, 0.1) is 22.2 Å². The molecule has 5 aromatic rings. The van der Waals surface area contributed by atoms with Crippen LogP contribution in [0.5, 0.6) is 0 Å². The van der Waals surface area contributed by atoms with Gasteiger partial charge in [0.2, 0.25) is 5.95 Å². The quantitative estimate of drug-likeness (QED) is 0.189. The van der Waals surface area contributed by atoms with E-state index in [0.29, 0.717) is 5.95 Å². The predicted octanol–water partition coefficient (Wildman–Crippen LogP) is 6.00. The van der Waals surface area contributed by atoms with Crippen molar-refractivity contribution < 1.29 is 4.92 Å². The minimum atomic E-state index is -0.390. The molecule has 0 bridgehead atoms. The van der Waals surface area contributed by atoms with Gasteiger partial charge in [0.25, 0.3) is 5.69 Å². The molecule has 2 heterocycles. The maximum atomic E-state index is 10.9. The fourth-order valence-corrected chi connectivity index (χ4v) is 4.30. The maximum absolute atomic E-state index is 10.9. The number of anilines is 1. The molecule has 35 heavy (non-hydrogen) atoms. The van der Waals surface area contributed by atoms with Crippen LogP contribution in [0.25, 0.3) is 27.8 Å². The molecule has 0 aliphatic rings. The summed E-state index contributed by atoms with van der Waals surface area (Å²) >= 11 is 0. The van der Waals surface area contributed by atoms with Crippen LogP contribution in [0.15, 0.2) is 84.0 Å². The monoisotopic (exact) mass is 464 g/mol. The van der Waals surface area contributed by atoms with Crippen molar-refractivity contribution in [3.63, 3.8) is 0 Å². The molecule has 0 saturated heterocycles. The molecule has 3 aromatic carbocycles. The lowest BCUT2D eigenvalue weighted by molar-refractivity contribution is -0.384. The topological polar surface area (TPSA) is 90.3 Å². The van der Waals surface area contributed by atoms with Crippen molar-refractivity contribution in [3.8, 4) is 16.8 Å². The second-order valence-electron chi connectivity index (χ2n) is 8.37. The highest BCUT2D eigenvalue weighted by molar-refractivity contribution is 5.83. The number of nitrogens with zero attached hydrogens (tertiary/aromatic N) is 5. The molecule has 0 unspecified atom stereocenters. The zero-order chi connectivity index (χ0) is 24.5. The highest BCUT2D eigenvalue weighted by Crippen LogP contribution is 2.26. The van der Waals surface area contributed by atoms with E-state index in [1.54, 1.807) is 12.1 Å². The highest BCUT2D eigenvalue weighted by Gasteiger charge is 2.11. The van der Waals surface area contributed by atoms with Gasteiger partial charge in [0.15, 0.2) is 0 Å². The zero-order valence-electron chi connectivity index (χ0n) is 19.6. The van der Waals surface area contributed by atoms with Gasteiger partial charge in [-0.15, -0.1) is 0 Å². The number of imidazole rings is 1. The Morgan fingerprint density at radius 3 is 2.29 bits per heavy atom. The second kappa shape index (κ2) is 8.90. The molecular weight excluding hydrogens is 440 g/mol. The largest absolute Gasteiger partial charge is 0.318 e. The molecular formula is C27H24N6O2. The average Bonchev–Trinajstić information content (AvgIpc) is 3.34. The fraction of sp³-hybridized carbons (Fsp3) is 0.111. The number of nitro benzene ring substituents is 1. The number of fused-ring (bicyclic) bond motifs is 1. The van der Waals surface area contributed by atoms with Crippen molar-refractivity contribution in [2.45, 2.75) is 13.8 Å². The van der Waals surface area contributed by atoms with E-state index in [2.05, 4.69) is 52.1 Å². The number of aromatic nitrogens is 3. The number of nitrogens with one attached hydrogen (secondary N) is 1. The van der Waals surface area contributed by atoms with Gasteiger partial charge >= 0.3 is 0 Å². The van der Waals surface area contributed by atoms with Gasteiger partial charge in [-0.3, -0.25) is 10.1 Å². The van der Waals surface area contributed by atoms with Crippen LogP contribution in [-0.2, 0) is 7.05 Å². The lowest BCUT2D eigenvalue weighted by atomic mass is 10.0. The third-order valence-electron chi connectivity index (χ3n) is 6.16. The van der Waals surface area contributed by atoms with Crippen LogP contribution in [0, 0.1) is 24.0 Å². The first kappa shape index (κ1) is 22.1. The van der Waals surface area contributed by atoms with Crippen LogP contribution < -0.4 is 5.43 Å². The van der Waals surface area contributed by atoms with E-state index in [-0.39, 0.29) is 10.6 Å². The van der Waals surface area contributed by atoms with Gasteiger partial charge in [-0.25, -0.2) is 10.4 Å². The first-order valence-electron chi connectivity index (χ1n) is 11.2. The van der Waals surface area contributed by atoms with Crippen LogP contribution in [-0.4, -0.2) is 25.3 Å². The first-order valence-corrected chi connectivity index (χ1v) is 11.2. The third kappa shape index (κ3) is 4.17. The first-order chi connectivity index (χ1) is 16.9. The number of para-hydroxylation sites is 2. The van der Waals surface area contributed by atoms with Crippen LogP contribution in [0.3, 0.4) is 0 Å². The van der Waals surface area contributed by atoms with Gasteiger partial charge in [0, 0.05) is 41.8 Å². The molecule has 8 heteroatoms. The van der Waals surface area contributed by atoms with Gasteiger partial charge < -0.3 is 9.13 Å². The summed E-state index contributed by atoms with van der Waals surface area (Å²) in [6, 6.07) is 24.8. The Hall–Kier alpha value is -4.72. The minimum Gasteiger partial charge on any atom is -0.318 e. The lowest BCUT2D eigenvalue weighted by Gasteiger charge is -2.11. The summed E-state index contributed by atoms with van der Waals surface area (Å²) in [6.07, 6.45) is 1.81. The summed E-state index contributed by atoms with van der Waals surface area (Å²) in [6.45, 7) is 4.13. The van der Waals surface area contributed by atoms with Crippen LogP contribution in [0.1, 0.15) is 17.0 Å². The standard InChI is InChI=1S/C27H24N6O2/c1-18-16-22(17-28-30-27-29-25-6-4-5-7-26(25)31(27)3)19(2)32(18)23-12-8-20(9-13-23)21-10-14-24(15-11-21)33(34)35/h4-17H,1-3H3,(H,29,30)/b28-17-. The van der Waals surface area contributed by atoms with Crippen molar-refractivity contribution in [1.82, 2.24) is 14.1 Å². The number of non-ortho nitro benzene ring substituents is 1. The van der Waals surface area contributed by atoms with Gasteiger partial charge in [0.1, 0.15) is 0 Å². The van der Waals surface area contributed by atoms with E-state index in [1.165, 1.54) is 12.1 Å². The Morgan fingerprint density at radius 1 is 0.971 bits per heavy atom. The van der Waals surface area contributed by atoms with Crippen molar-refractivity contribution in [1.29, 1.82) is 0 Å². The second-order valence-corrected chi connectivity index (χ2v) is 8.37. The minimum absolute atomic E-state index is 0.0869. The molecule has 2 aromatic heterocycles. The van der Waals surface area contributed by atoms with Crippen LogP contribution in [0.4, 0.5) is 11.6 Å². The van der Waals surface area contributed by atoms with Crippen LogP contribution in [0.2, 0.25) is 0 Å². The van der Waals surface area contributed by atoms with Crippen molar-refractivity contribution in [2.75, 3.05) is 5.43 Å². The van der Waals surface area contributed by atoms with Gasteiger partial charge in [-0.05, 0) is 67.4 Å². The molecule has 8 nitrogen and oxygen atoms in total. The summed E-state index contributed by atoms with van der Waals surface area (Å²) in [4.78, 5) is 15.1. The molecule has 0 atom stereocenters. The van der Waals surface area contributed by atoms with E-state index in [9.17, 15) is 10.1 Å². The predicted molar refractivity (Wildman–Crippen MR) is 139 cm³/mol. The number of hydrogen-bond acceptors (Lipinski definition) is 5. The van der Waals surface area contributed by atoms with E-state index in [4.69, 9.17) is 0 Å². The number of aryl methyl sites for hydroxylation is 2. The van der Waals surface area contributed by atoms with Gasteiger partial charge in [-0.1, -0.05) is 24.3 Å². The Morgan fingerprint density at radius 2 is 1.63 bits per heavy atom. The lowest BCUT2D eigenvalue weighted by Crippen LogP contribution is -2.01. The molecule has 1 N–H and O–H groups in total. The molecule has 0 spiro atoms. The summed E-state index contributed by atoms with van der Waals surface area (Å²) in [7, 11) is 1.96. The summed E-state index contributed by atoms with van der Waals surface area (Å²) in [5, 5.41) is 15.3. The SMILES string of the molecule is Cc1cc(/C=N\Nc2nc3ccccc3n2C)c(C)n1-c1ccc(-c2ccc([N+](=O)[O-])cc2)cc1. The van der Waals surface area contributed by atoms with Crippen LogP contribution >= 0.6 is 0 Å². The Labute approximate surface area is 202 Å². The normalized spacial score (nSPS) is 11.4. The summed E-state index contributed by atoms with van der Waals surface area (Å²) in [5.74, 6) is 0.679. The summed E-state index contributed by atoms with van der Waals surface area (Å²) < 4.78 is 4.15. The van der Waals surface area contributed by atoms with E-state index >= 15 is 0 Å². The molecule has 0 aliphatic carbocycles. The average molecular weight is 465 g/mol. The van der Waals surface area contributed by atoms with Crippen molar-refractivity contribution >= 4 is 28.9 Å².